The van der Waals surface area contributed by atoms with Crippen molar-refractivity contribution in [2.75, 3.05) is 19.6 Å². The Morgan fingerprint density at radius 3 is 2.62 bits per heavy atom. The van der Waals surface area contributed by atoms with Gasteiger partial charge in [0.25, 0.3) is 0 Å². The topological polar surface area (TPSA) is 15.3 Å². The Morgan fingerprint density at radius 1 is 1.38 bits per heavy atom. The monoisotopic (exact) mass is 238 g/mol. The summed E-state index contributed by atoms with van der Waals surface area (Å²) in [5, 5.41) is 3.39. The molecule has 0 saturated carbocycles. The van der Waals surface area contributed by atoms with E-state index in [0.29, 0.717) is 18.6 Å². The number of piperazine rings is 1. The molecule has 0 aromatic carbocycles. The largest absolute Gasteiger partial charge is 0.389 e. The Bertz CT molecular complexity index is 206. The van der Waals surface area contributed by atoms with Crippen molar-refractivity contribution in [3.05, 3.63) is 0 Å². The molecule has 1 saturated heterocycles. The number of halogens is 3. The Hall–Kier alpha value is -0.290. The summed E-state index contributed by atoms with van der Waals surface area (Å²) >= 11 is 0. The molecule has 0 aromatic rings. The smallest absolute Gasteiger partial charge is 0.311 e. The van der Waals surface area contributed by atoms with Crippen molar-refractivity contribution in [3.8, 4) is 0 Å². The van der Waals surface area contributed by atoms with E-state index in [9.17, 15) is 13.2 Å². The summed E-state index contributed by atoms with van der Waals surface area (Å²) in [6.07, 6.45) is -3.44. The van der Waals surface area contributed by atoms with Crippen LogP contribution >= 0.6 is 0 Å². The molecule has 2 nitrogen and oxygen atoms in total. The van der Waals surface area contributed by atoms with Crippen molar-refractivity contribution in [3.63, 3.8) is 0 Å². The van der Waals surface area contributed by atoms with Crippen LogP contribution in [0.2, 0.25) is 0 Å². The molecule has 0 spiro atoms. The summed E-state index contributed by atoms with van der Waals surface area (Å²) in [6, 6.07) is 0.776. The minimum Gasteiger partial charge on any atom is -0.311 e. The number of hydrogen-bond acceptors (Lipinski definition) is 2. The standard InChI is InChI=1S/C11H21F3N2/c1-3-10-8-16(9(2)7-15-10)6-4-5-11(12,13)14/h9-10,15H,3-8H2,1-2H3. The van der Waals surface area contributed by atoms with Crippen LogP contribution < -0.4 is 5.32 Å². The first-order valence-electron chi connectivity index (χ1n) is 5.96. The van der Waals surface area contributed by atoms with E-state index in [0.717, 1.165) is 19.5 Å². The van der Waals surface area contributed by atoms with E-state index in [-0.39, 0.29) is 6.42 Å². The molecule has 1 aliphatic heterocycles. The summed E-state index contributed by atoms with van der Waals surface area (Å²) in [7, 11) is 0. The van der Waals surface area contributed by atoms with Crippen LogP contribution in [0.4, 0.5) is 13.2 Å². The third kappa shape index (κ3) is 4.70. The molecule has 0 radical (unpaired) electrons. The quantitative estimate of drug-likeness (QED) is 0.809. The van der Waals surface area contributed by atoms with Gasteiger partial charge in [-0.05, 0) is 26.3 Å². The van der Waals surface area contributed by atoms with Gasteiger partial charge in [0, 0.05) is 31.6 Å². The van der Waals surface area contributed by atoms with Crippen molar-refractivity contribution in [2.45, 2.75) is 51.4 Å². The number of rotatable bonds is 4. The Kier molecular flexibility index (Phi) is 5.05. The van der Waals surface area contributed by atoms with Gasteiger partial charge < -0.3 is 5.32 Å². The third-order valence-corrected chi connectivity index (χ3v) is 3.18. The third-order valence-electron chi connectivity index (χ3n) is 3.18. The van der Waals surface area contributed by atoms with Crippen molar-refractivity contribution in [2.24, 2.45) is 0 Å². The second kappa shape index (κ2) is 5.87. The lowest BCUT2D eigenvalue weighted by atomic mass is 10.1. The Balaban J connectivity index is 2.28. The highest BCUT2D eigenvalue weighted by Gasteiger charge is 2.28. The van der Waals surface area contributed by atoms with Crippen LogP contribution in [0.5, 0.6) is 0 Å². The lowest BCUT2D eigenvalue weighted by Gasteiger charge is -2.38. The van der Waals surface area contributed by atoms with Crippen LogP contribution in [-0.2, 0) is 0 Å². The number of nitrogens with one attached hydrogen (secondary N) is 1. The molecular formula is C11H21F3N2. The minimum atomic E-state index is -4.01. The van der Waals surface area contributed by atoms with E-state index in [2.05, 4.69) is 24.1 Å². The lowest BCUT2D eigenvalue weighted by molar-refractivity contribution is -0.136. The van der Waals surface area contributed by atoms with Gasteiger partial charge in [0.05, 0.1) is 0 Å². The zero-order chi connectivity index (χ0) is 12.2. The number of nitrogens with zero attached hydrogens (tertiary/aromatic N) is 1. The molecule has 5 heteroatoms. The molecule has 0 bridgehead atoms. The van der Waals surface area contributed by atoms with E-state index in [4.69, 9.17) is 0 Å². The SMILES string of the molecule is CCC1CN(CCCC(F)(F)F)C(C)CN1. The first-order valence-corrected chi connectivity index (χ1v) is 5.96. The van der Waals surface area contributed by atoms with E-state index < -0.39 is 12.6 Å². The van der Waals surface area contributed by atoms with Crippen LogP contribution in [0.3, 0.4) is 0 Å². The highest BCUT2D eigenvalue weighted by molar-refractivity contribution is 4.82. The Morgan fingerprint density at radius 2 is 2.06 bits per heavy atom. The molecule has 0 amide bonds. The summed E-state index contributed by atoms with van der Waals surface area (Å²) in [5.41, 5.74) is 0. The second-order valence-corrected chi connectivity index (χ2v) is 4.58. The van der Waals surface area contributed by atoms with E-state index in [1.54, 1.807) is 0 Å². The first kappa shape index (κ1) is 13.8. The molecule has 1 aliphatic rings. The fourth-order valence-corrected chi connectivity index (χ4v) is 2.06. The van der Waals surface area contributed by atoms with Gasteiger partial charge in [0.1, 0.15) is 0 Å². The van der Waals surface area contributed by atoms with Crippen LogP contribution in [-0.4, -0.2) is 42.8 Å². The normalized spacial score (nSPS) is 28.3. The van der Waals surface area contributed by atoms with Gasteiger partial charge in [0.2, 0.25) is 0 Å². The zero-order valence-electron chi connectivity index (χ0n) is 9.98. The number of hydrogen-bond donors (Lipinski definition) is 1. The Labute approximate surface area is 95.2 Å². The molecule has 1 N–H and O–H groups in total. The maximum Gasteiger partial charge on any atom is 0.389 e. The maximum atomic E-state index is 12.0. The van der Waals surface area contributed by atoms with Crippen molar-refractivity contribution in [1.82, 2.24) is 10.2 Å². The van der Waals surface area contributed by atoms with Crippen LogP contribution in [0.15, 0.2) is 0 Å². The molecule has 96 valence electrons. The van der Waals surface area contributed by atoms with Crippen LogP contribution in [0, 0.1) is 0 Å². The summed E-state index contributed by atoms with van der Waals surface area (Å²) in [6.45, 7) is 6.47. The molecular weight excluding hydrogens is 217 g/mol. The van der Waals surface area contributed by atoms with Crippen molar-refractivity contribution >= 4 is 0 Å². The molecule has 1 fully saturated rings. The van der Waals surface area contributed by atoms with Crippen molar-refractivity contribution < 1.29 is 13.2 Å². The van der Waals surface area contributed by atoms with Gasteiger partial charge in [0.15, 0.2) is 0 Å². The highest BCUT2D eigenvalue weighted by Crippen LogP contribution is 2.22. The molecule has 0 aliphatic carbocycles. The molecule has 2 unspecified atom stereocenters. The lowest BCUT2D eigenvalue weighted by Crippen LogP contribution is -2.55. The van der Waals surface area contributed by atoms with Crippen molar-refractivity contribution in [1.29, 1.82) is 0 Å². The van der Waals surface area contributed by atoms with Crippen LogP contribution in [0.25, 0.3) is 0 Å². The zero-order valence-corrected chi connectivity index (χ0v) is 9.98. The maximum absolute atomic E-state index is 12.0. The average molecular weight is 238 g/mol. The predicted molar refractivity (Wildman–Crippen MR) is 58.4 cm³/mol. The first-order chi connectivity index (χ1) is 7.42. The van der Waals surface area contributed by atoms with Gasteiger partial charge in [-0.25, -0.2) is 0 Å². The molecule has 2 atom stereocenters. The van der Waals surface area contributed by atoms with Gasteiger partial charge in [-0.1, -0.05) is 6.92 Å². The molecule has 1 rings (SSSR count). The van der Waals surface area contributed by atoms with Gasteiger partial charge >= 0.3 is 6.18 Å². The van der Waals surface area contributed by atoms with Gasteiger partial charge in [-0.3, -0.25) is 4.90 Å². The van der Waals surface area contributed by atoms with E-state index in [1.807, 2.05) is 0 Å². The van der Waals surface area contributed by atoms with E-state index in [1.165, 1.54) is 0 Å². The molecule has 1 heterocycles. The van der Waals surface area contributed by atoms with Gasteiger partial charge in [-0.2, -0.15) is 13.2 Å². The second-order valence-electron chi connectivity index (χ2n) is 4.58. The van der Waals surface area contributed by atoms with E-state index >= 15 is 0 Å². The average Bonchev–Trinajstić information content (AvgIpc) is 2.19. The van der Waals surface area contributed by atoms with Gasteiger partial charge in [-0.15, -0.1) is 0 Å². The van der Waals surface area contributed by atoms with Crippen LogP contribution in [0.1, 0.15) is 33.1 Å². The summed E-state index contributed by atoms with van der Waals surface area (Å²) in [5.74, 6) is 0. The fraction of sp³-hybridized carbons (Fsp3) is 1.00. The molecule has 0 aromatic heterocycles. The molecule has 16 heavy (non-hydrogen) atoms. The summed E-state index contributed by atoms with van der Waals surface area (Å²) < 4.78 is 36.1. The summed E-state index contributed by atoms with van der Waals surface area (Å²) in [4.78, 5) is 2.16. The minimum absolute atomic E-state index is 0.213. The number of alkyl halides is 3. The highest BCUT2D eigenvalue weighted by atomic mass is 19.4. The predicted octanol–water partition coefficient (Wildman–Crippen LogP) is 2.40. The fourth-order valence-electron chi connectivity index (χ4n) is 2.06.